The summed E-state index contributed by atoms with van der Waals surface area (Å²) >= 11 is 0. The molecular formula is C17H12FN3O5. The monoisotopic (exact) mass is 357 g/mol. The van der Waals surface area contributed by atoms with E-state index in [2.05, 4.69) is 10.1 Å². The van der Waals surface area contributed by atoms with Gasteiger partial charge in [-0.2, -0.15) is 5.26 Å². The quantitative estimate of drug-likeness (QED) is 0.584. The molecule has 0 bridgehead atoms. The molecule has 0 atom stereocenters. The molecule has 0 fully saturated rings. The van der Waals surface area contributed by atoms with Gasteiger partial charge >= 0.3 is 5.97 Å². The van der Waals surface area contributed by atoms with Gasteiger partial charge in [0.15, 0.2) is 0 Å². The molecule has 0 spiro atoms. The molecule has 0 radical (unpaired) electrons. The third kappa shape index (κ3) is 3.68. The Kier molecular flexibility index (Phi) is 4.64. The molecule has 0 unspecified atom stereocenters. The zero-order valence-corrected chi connectivity index (χ0v) is 13.1. The number of benzene rings is 1. The van der Waals surface area contributed by atoms with Gasteiger partial charge in [-0.05, 0) is 30.3 Å². The van der Waals surface area contributed by atoms with Crippen LogP contribution in [0.5, 0.6) is 5.88 Å². The molecular weight excluding hydrogens is 345 g/mol. The first-order valence-corrected chi connectivity index (χ1v) is 7.29. The molecule has 26 heavy (non-hydrogen) atoms. The molecule has 0 aliphatic heterocycles. The number of pyridine rings is 1. The van der Waals surface area contributed by atoms with E-state index in [0.29, 0.717) is 11.1 Å². The maximum absolute atomic E-state index is 13.1. The van der Waals surface area contributed by atoms with Crippen molar-refractivity contribution in [3.63, 3.8) is 0 Å². The summed E-state index contributed by atoms with van der Waals surface area (Å²) in [4.78, 5) is 3.92. The van der Waals surface area contributed by atoms with Crippen LogP contribution in [-0.2, 0) is 12.6 Å². The van der Waals surface area contributed by atoms with Crippen molar-refractivity contribution < 1.29 is 29.0 Å². The van der Waals surface area contributed by atoms with Crippen molar-refractivity contribution in [2.24, 2.45) is 0 Å². The molecule has 9 heteroatoms. The second kappa shape index (κ2) is 6.89. The third-order valence-electron chi connectivity index (χ3n) is 3.44. The Labute approximate surface area is 146 Å². The largest absolute Gasteiger partial charge is 0.473 e. The van der Waals surface area contributed by atoms with E-state index in [-0.39, 0.29) is 23.7 Å². The molecule has 2 heterocycles. The number of rotatable bonds is 5. The van der Waals surface area contributed by atoms with Gasteiger partial charge in [0, 0.05) is 17.8 Å². The van der Waals surface area contributed by atoms with Gasteiger partial charge in [-0.15, -0.1) is 0 Å². The van der Waals surface area contributed by atoms with Crippen molar-refractivity contribution in [3.05, 3.63) is 65.3 Å². The van der Waals surface area contributed by atoms with Crippen LogP contribution in [0.1, 0.15) is 16.9 Å². The first kappa shape index (κ1) is 17.5. The van der Waals surface area contributed by atoms with Crippen LogP contribution < -0.4 is 4.74 Å². The Bertz CT molecular complexity index is 941. The molecule has 3 N–H and O–H groups in total. The van der Waals surface area contributed by atoms with E-state index in [1.54, 1.807) is 0 Å². The van der Waals surface area contributed by atoms with Crippen LogP contribution in [0, 0.1) is 17.1 Å². The molecule has 8 nitrogen and oxygen atoms in total. The van der Waals surface area contributed by atoms with Crippen LogP contribution in [0.4, 0.5) is 4.39 Å². The predicted octanol–water partition coefficient (Wildman–Crippen LogP) is 1.41. The van der Waals surface area contributed by atoms with Gasteiger partial charge in [0.2, 0.25) is 11.6 Å². The van der Waals surface area contributed by atoms with Crippen molar-refractivity contribution in [3.8, 4) is 23.2 Å². The summed E-state index contributed by atoms with van der Waals surface area (Å²) in [6.45, 7) is -0.284. The van der Waals surface area contributed by atoms with Crippen molar-refractivity contribution in [1.82, 2.24) is 10.1 Å². The lowest BCUT2D eigenvalue weighted by molar-refractivity contribution is -0.335. The molecule has 132 valence electrons. The van der Waals surface area contributed by atoms with Crippen molar-refractivity contribution in [2.75, 3.05) is 0 Å². The molecule has 0 aliphatic rings. The highest BCUT2D eigenvalue weighted by atomic mass is 19.1. The summed E-state index contributed by atoms with van der Waals surface area (Å²) in [6, 6.07) is 10.1. The summed E-state index contributed by atoms with van der Waals surface area (Å²) in [5, 5.41) is 40.8. The lowest BCUT2D eigenvalue weighted by Gasteiger charge is -2.13. The third-order valence-corrected chi connectivity index (χ3v) is 3.44. The molecule has 1 aromatic carbocycles. The molecule has 3 aromatic rings. The predicted molar refractivity (Wildman–Crippen MR) is 83.5 cm³/mol. The highest BCUT2D eigenvalue weighted by Crippen LogP contribution is 2.31. The maximum Gasteiger partial charge on any atom is 0.342 e. The first-order chi connectivity index (χ1) is 12.4. The summed E-state index contributed by atoms with van der Waals surface area (Å²) in [7, 11) is 0. The normalized spacial score (nSPS) is 11.2. The van der Waals surface area contributed by atoms with Crippen LogP contribution in [0.2, 0.25) is 0 Å². The van der Waals surface area contributed by atoms with Crippen molar-refractivity contribution in [2.45, 2.75) is 12.6 Å². The number of aromatic nitrogens is 2. The Morgan fingerprint density at radius 1 is 1.15 bits per heavy atom. The molecule has 0 amide bonds. The second-order valence-electron chi connectivity index (χ2n) is 5.27. The zero-order valence-electron chi connectivity index (χ0n) is 13.1. The van der Waals surface area contributed by atoms with E-state index in [9.17, 15) is 19.7 Å². The van der Waals surface area contributed by atoms with Gasteiger partial charge < -0.3 is 24.6 Å². The number of hydrogen-bond acceptors (Lipinski definition) is 8. The van der Waals surface area contributed by atoms with E-state index in [1.807, 2.05) is 6.07 Å². The number of hydrogen-bond donors (Lipinski definition) is 3. The number of aliphatic hydroxyl groups is 3. The van der Waals surface area contributed by atoms with Crippen molar-refractivity contribution >= 4 is 0 Å². The van der Waals surface area contributed by atoms with Gasteiger partial charge in [-0.1, -0.05) is 5.16 Å². The van der Waals surface area contributed by atoms with Crippen LogP contribution in [0.25, 0.3) is 11.3 Å². The van der Waals surface area contributed by atoms with E-state index in [0.717, 1.165) is 0 Å². The highest BCUT2D eigenvalue weighted by Gasteiger charge is 2.34. The zero-order chi connectivity index (χ0) is 18.7. The van der Waals surface area contributed by atoms with E-state index in [1.165, 1.54) is 42.6 Å². The topological polar surface area (TPSA) is 133 Å². The fourth-order valence-corrected chi connectivity index (χ4v) is 2.22. The fourth-order valence-electron chi connectivity index (χ4n) is 2.22. The van der Waals surface area contributed by atoms with Crippen LogP contribution in [-0.4, -0.2) is 25.5 Å². The average molecular weight is 357 g/mol. The Balaban J connectivity index is 1.93. The second-order valence-corrected chi connectivity index (χ2v) is 5.27. The lowest BCUT2D eigenvalue weighted by atomic mass is 10.1. The highest BCUT2D eigenvalue weighted by molar-refractivity contribution is 5.63. The van der Waals surface area contributed by atoms with E-state index < -0.39 is 17.6 Å². The minimum Gasteiger partial charge on any atom is -0.473 e. The Hall–Kier alpha value is -3.32. The lowest BCUT2D eigenvalue weighted by Crippen LogP contribution is -2.25. The number of nitrogens with zero attached hydrogens (tertiary/aromatic N) is 3. The van der Waals surface area contributed by atoms with Gasteiger partial charge in [0.25, 0.3) is 0 Å². The Morgan fingerprint density at radius 3 is 2.46 bits per heavy atom. The van der Waals surface area contributed by atoms with E-state index >= 15 is 0 Å². The van der Waals surface area contributed by atoms with Crippen molar-refractivity contribution in [1.29, 1.82) is 5.26 Å². The minimum atomic E-state index is -3.28. The maximum atomic E-state index is 13.1. The smallest absolute Gasteiger partial charge is 0.342 e. The van der Waals surface area contributed by atoms with E-state index in [4.69, 9.17) is 14.5 Å². The number of nitriles is 1. The number of halogens is 1. The average Bonchev–Trinajstić information content (AvgIpc) is 3.05. The summed E-state index contributed by atoms with van der Waals surface area (Å²) in [6.07, 6.45) is 1.30. The Morgan fingerprint density at radius 2 is 1.88 bits per heavy atom. The molecule has 0 aliphatic carbocycles. The number of ether oxygens (including phenoxy) is 1. The van der Waals surface area contributed by atoms with Crippen LogP contribution >= 0.6 is 0 Å². The van der Waals surface area contributed by atoms with Crippen LogP contribution in [0.3, 0.4) is 0 Å². The molecule has 0 saturated heterocycles. The summed E-state index contributed by atoms with van der Waals surface area (Å²) in [5.41, 5.74) is 0.928. The minimum absolute atomic E-state index is 0.0373. The molecule has 2 aromatic heterocycles. The summed E-state index contributed by atoms with van der Waals surface area (Å²) in [5.74, 6) is -4.22. The molecule has 3 rings (SSSR count). The van der Waals surface area contributed by atoms with Gasteiger partial charge in [-0.25, -0.2) is 9.37 Å². The van der Waals surface area contributed by atoms with Gasteiger partial charge in [0.05, 0.1) is 11.1 Å². The first-order valence-electron chi connectivity index (χ1n) is 7.29. The van der Waals surface area contributed by atoms with Gasteiger partial charge in [-0.3, -0.25) is 0 Å². The standard InChI is InChI=1S/C17H12FN3O5/c18-12-4-2-11(3-5-12)15-13(16(26-21-15)17(22,23)24)9-25-14-6-1-10(7-19)8-20-14/h1-6,8,22-24H,9H2. The van der Waals surface area contributed by atoms with Gasteiger partial charge in [0.1, 0.15) is 24.2 Å². The van der Waals surface area contributed by atoms with Crippen LogP contribution in [0.15, 0.2) is 47.1 Å². The summed E-state index contributed by atoms with van der Waals surface area (Å²) < 4.78 is 23.4. The fraction of sp³-hybridized carbons (Fsp3) is 0.118. The molecule has 0 saturated carbocycles. The SMILES string of the molecule is N#Cc1ccc(OCc2c(-c3ccc(F)cc3)noc2C(O)(O)O)nc1.